The number of carbonyl (C=O) groups excluding carboxylic acids is 1. The number of nitrogens with zero attached hydrogens (tertiary/aromatic N) is 3. The molecule has 7 nitrogen and oxygen atoms in total. The zero-order valence-corrected chi connectivity index (χ0v) is 18.0. The van der Waals surface area contributed by atoms with Gasteiger partial charge in [0.05, 0.1) is 22.1 Å². The van der Waals surface area contributed by atoms with Gasteiger partial charge in [-0.15, -0.1) is 16.4 Å². The molecule has 3 heterocycles. The van der Waals surface area contributed by atoms with Gasteiger partial charge in [0.2, 0.25) is 11.1 Å². The van der Waals surface area contributed by atoms with Crippen molar-refractivity contribution in [3.05, 3.63) is 17.5 Å². The van der Waals surface area contributed by atoms with E-state index in [9.17, 15) is 13.2 Å². The Morgan fingerprint density at radius 3 is 2.75 bits per heavy atom. The molecule has 0 aromatic carbocycles. The van der Waals surface area contributed by atoms with E-state index in [1.54, 1.807) is 11.3 Å². The van der Waals surface area contributed by atoms with Crippen molar-refractivity contribution >= 4 is 38.8 Å². The molecule has 1 atom stereocenters. The van der Waals surface area contributed by atoms with Gasteiger partial charge in [-0.2, -0.15) is 0 Å². The average Bonchev–Trinajstić information content (AvgIpc) is 3.42. The van der Waals surface area contributed by atoms with Crippen molar-refractivity contribution in [2.45, 2.75) is 55.8 Å². The van der Waals surface area contributed by atoms with E-state index in [0.29, 0.717) is 17.4 Å². The Kier molecular flexibility index (Phi) is 6.07. The number of carbonyl (C=O) groups is 1. The van der Waals surface area contributed by atoms with E-state index >= 15 is 0 Å². The lowest BCUT2D eigenvalue weighted by Crippen LogP contribution is -2.49. The van der Waals surface area contributed by atoms with Crippen molar-refractivity contribution < 1.29 is 13.2 Å². The second-order valence-corrected chi connectivity index (χ2v) is 11.5. The number of sulfone groups is 1. The predicted octanol–water partition coefficient (Wildman–Crippen LogP) is 2.97. The number of hydrogen-bond acceptors (Lipinski definition) is 7. The lowest BCUT2D eigenvalue weighted by atomic mass is 9.93. The Bertz CT molecular complexity index is 904. The van der Waals surface area contributed by atoms with Gasteiger partial charge in [-0.05, 0) is 30.7 Å². The molecule has 2 aromatic rings. The van der Waals surface area contributed by atoms with Gasteiger partial charge in [0.1, 0.15) is 0 Å². The highest BCUT2D eigenvalue weighted by atomic mass is 32.2. The maximum absolute atomic E-state index is 13.1. The molecule has 0 radical (unpaired) electrons. The maximum Gasteiger partial charge on any atom is 0.233 e. The third kappa shape index (κ3) is 4.60. The van der Waals surface area contributed by atoms with Crippen LogP contribution in [0.4, 0.5) is 0 Å². The predicted molar refractivity (Wildman–Crippen MR) is 111 cm³/mol. The van der Waals surface area contributed by atoms with Crippen molar-refractivity contribution in [1.82, 2.24) is 20.1 Å². The van der Waals surface area contributed by atoms with Gasteiger partial charge < -0.3 is 4.90 Å². The van der Waals surface area contributed by atoms with Crippen LogP contribution in [0.3, 0.4) is 0 Å². The molecular weight excluding hydrogens is 416 g/mol. The average molecular weight is 441 g/mol. The highest BCUT2D eigenvalue weighted by Gasteiger charge is 2.38. The lowest BCUT2D eigenvalue weighted by Gasteiger charge is -2.38. The summed E-state index contributed by atoms with van der Waals surface area (Å²) in [5, 5.41) is 9.64. The first kappa shape index (κ1) is 19.9. The van der Waals surface area contributed by atoms with Gasteiger partial charge in [-0.3, -0.25) is 9.89 Å². The smallest absolute Gasteiger partial charge is 0.233 e. The van der Waals surface area contributed by atoms with Crippen molar-refractivity contribution in [2.75, 3.05) is 17.3 Å². The van der Waals surface area contributed by atoms with Crippen LogP contribution in [0, 0.1) is 0 Å². The molecule has 2 aliphatic rings. The summed E-state index contributed by atoms with van der Waals surface area (Å²) in [6.07, 6.45) is 5.89. The van der Waals surface area contributed by atoms with Gasteiger partial charge in [0.15, 0.2) is 15.7 Å². The zero-order chi connectivity index (χ0) is 19.6. The van der Waals surface area contributed by atoms with E-state index in [1.165, 1.54) is 18.2 Å². The van der Waals surface area contributed by atoms with Crippen LogP contribution < -0.4 is 0 Å². The highest BCUT2D eigenvalue weighted by molar-refractivity contribution is 7.99. The molecule has 1 saturated carbocycles. The summed E-state index contributed by atoms with van der Waals surface area (Å²) in [6.45, 7) is 0. The fourth-order valence-electron chi connectivity index (χ4n) is 4.09. The first-order valence-electron chi connectivity index (χ1n) is 9.62. The Hall–Kier alpha value is -1.39. The Morgan fingerprint density at radius 1 is 1.25 bits per heavy atom. The molecule has 28 heavy (non-hydrogen) atoms. The molecule has 1 amide bonds. The van der Waals surface area contributed by atoms with Gasteiger partial charge in [0.25, 0.3) is 0 Å². The van der Waals surface area contributed by atoms with Gasteiger partial charge in [-0.1, -0.05) is 37.1 Å². The van der Waals surface area contributed by atoms with Crippen LogP contribution in [0.2, 0.25) is 0 Å². The fourth-order valence-corrected chi connectivity index (χ4v) is 7.14. The number of rotatable bonds is 6. The van der Waals surface area contributed by atoms with Crippen LogP contribution in [-0.2, 0) is 14.6 Å². The van der Waals surface area contributed by atoms with E-state index in [-0.39, 0.29) is 35.2 Å². The summed E-state index contributed by atoms with van der Waals surface area (Å²) in [5.41, 5.74) is 0. The SMILES string of the molecule is O=C(CSc1n[nH]c(-c2cccs2)n1)N(C1CCCCC1)C1CCS(=O)(=O)C1. The largest absolute Gasteiger partial charge is 0.335 e. The summed E-state index contributed by atoms with van der Waals surface area (Å²) in [4.78, 5) is 20.5. The van der Waals surface area contributed by atoms with Gasteiger partial charge in [0, 0.05) is 12.1 Å². The van der Waals surface area contributed by atoms with Crippen LogP contribution in [0.25, 0.3) is 10.7 Å². The van der Waals surface area contributed by atoms with Crippen molar-refractivity contribution in [2.24, 2.45) is 0 Å². The molecule has 10 heteroatoms. The molecule has 0 bridgehead atoms. The van der Waals surface area contributed by atoms with Crippen molar-refractivity contribution in [3.63, 3.8) is 0 Å². The highest BCUT2D eigenvalue weighted by Crippen LogP contribution is 2.30. The molecular formula is C18H24N4O3S3. The van der Waals surface area contributed by atoms with Crippen LogP contribution in [0.1, 0.15) is 38.5 Å². The topological polar surface area (TPSA) is 96.0 Å². The number of H-pyrrole nitrogens is 1. The zero-order valence-electron chi connectivity index (χ0n) is 15.5. The number of thiophene rings is 1. The minimum absolute atomic E-state index is 0.00136. The van der Waals surface area contributed by atoms with E-state index in [2.05, 4.69) is 15.2 Å². The summed E-state index contributed by atoms with van der Waals surface area (Å²) in [5.74, 6) is 1.22. The molecule has 1 aliphatic heterocycles. The number of nitrogens with one attached hydrogen (secondary N) is 1. The minimum Gasteiger partial charge on any atom is -0.335 e. The third-order valence-electron chi connectivity index (χ3n) is 5.40. The van der Waals surface area contributed by atoms with Crippen LogP contribution >= 0.6 is 23.1 Å². The van der Waals surface area contributed by atoms with Gasteiger partial charge >= 0.3 is 0 Å². The number of thioether (sulfide) groups is 1. The Labute approximate surface area is 173 Å². The summed E-state index contributed by atoms with van der Waals surface area (Å²) >= 11 is 2.89. The van der Waals surface area contributed by atoms with Crippen LogP contribution in [0.15, 0.2) is 22.7 Å². The fraction of sp³-hybridized carbons (Fsp3) is 0.611. The molecule has 1 unspecified atom stereocenters. The van der Waals surface area contributed by atoms with E-state index in [0.717, 1.165) is 30.6 Å². The minimum atomic E-state index is -3.03. The van der Waals surface area contributed by atoms with E-state index < -0.39 is 9.84 Å². The molecule has 0 spiro atoms. The second kappa shape index (κ2) is 8.54. The monoisotopic (exact) mass is 440 g/mol. The summed E-state index contributed by atoms with van der Waals surface area (Å²) in [6, 6.07) is 3.90. The molecule has 152 valence electrons. The standard InChI is InChI=1S/C18H24N4O3S3/c23-16(11-27-18-19-17(20-21-18)15-7-4-9-26-15)22(13-5-2-1-3-6-13)14-8-10-28(24,25)12-14/h4,7,9,13-14H,1-3,5-6,8,10-12H2,(H,19,20,21). The molecule has 1 N–H and O–H groups in total. The van der Waals surface area contributed by atoms with Crippen molar-refractivity contribution in [1.29, 1.82) is 0 Å². The van der Waals surface area contributed by atoms with E-state index in [4.69, 9.17) is 0 Å². The molecule has 4 rings (SSSR count). The first-order chi connectivity index (χ1) is 13.5. The van der Waals surface area contributed by atoms with E-state index in [1.807, 2.05) is 22.4 Å². The lowest BCUT2D eigenvalue weighted by molar-refractivity contribution is -0.133. The number of amides is 1. The molecule has 2 aromatic heterocycles. The van der Waals surface area contributed by atoms with Crippen LogP contribution in [0.5, 0.6) is 0 Å². The third-order valence-corrected chi connectivity index (χ3v) is 8.86. The normalized spacial score (nSPS) is 22.4. The first-order valence-corrected chi connectivity index (χ1v) is 13.3. The Morgan fingerprint density at radius 2 is 2.07 bits per heavy atom. The molecule has 2 fully saturated rings. The Balaban J connectivity index is 1.43. The number of aromatic nitrogens is 3. The maximum atomic E-state index is 13.1. The summed E-state index contributed by atoms with van der Waals surface area (Å²) in [7, 11) is -3.03. The number of hydrogen-bond donors (Lipinski definition) is 1. The second-order valence-electron chi connectivity index (χ2n) is 7.38. The summed E-state index contributed by atoms with van der Waals surface area (Å²) < 4.78 is 24.0. The molecule has 1 aliphatic carbocycles. The number of aromatic amines is 1. The quantitative estimate of drug-likeness (QED) is 0.694. The van der Waals surface area contributed by atoms with Crippen LogP contribution in [-0.4, -0.2) is 63.7 Å². The molecule has 1 saturated heterocycles. The van der Waals surface area contributed by atoms with Gasteiger partial charge in [-0.25, -0.2) is 13.4 Å². The van der Waals surface area contributed by atoms with Crippen molar-refractivity contribution in [3.8, 4) is 10.7 Å².